The number of fused-ring (bicyclic) bond motifs is 1. The number of allylic oxidation sites excluding steroid dienone is 1. The molecule has 3 heterocycles. The van der Waals surface area contributed by atoms with Crippen LogP contribution in [0.5, 0.6) is 0 Å². The van der Waals surface area contributed by atoms with Gasteiger partial charge in [0.2, 0.25) is 0 Å². The largest absolute Gasteiger partial charge is 0.289 e. The van der Waals surface area contributed by atoms with Gasteiger partial charge in [-0.15, -0.1) is 0 Å². The first-order valence-electron chi connectivity index (χ1n) is 16.9. The molecule has 0 radical (unpaired) electrons. The summed E-state index contributed by atoms with van der Waals surface area (Å²) in [5, 5.41) is 0. The first-order chi connectivity index (χ1) is 23.7. The minimum Gasteiger partial charge on any atom is -0.289 e. The summed E-state index contributed by atoms with van der Waals surface area (Å²) in [5.74, 6) is 0. The van der Waals surface area contributed by atoms with E-state index in [2.05, 4.69) is 159 Å². The molecule has 0 aliphatic carbocycles. The second-order valence-electron chi connectivity index (χ2n) is 12.8. The van der Waals surface area contributed by atoms with Crippen molar-refractivity contribution in [3.8, 4) is 44.8 Å². The molecule has 8 rings (SSSR count). The lowest BCUT2D eigenvalue weighted by Gasteiger charge is -2.19. The molecule has 5 aromatic carbocycles. The summed E-state index contributed by atoms with van der Waals surface area (Å²) in [5.41, 5.74) is 15.9. The summed E-state index contributed by atoms with van der Waals surface area (Å²) in [6.45, 7) is 2.22. The van der Waals surface area contributed by atoms with Crippen molar-refractivity contribution in [2.45, 2.75) is 38.6 Å². The molecule has 232 valence electrons. The second kappa shape index (κ2) is 13.2. The van der Waals surface area contributed by atoms with Crippen LogP contribution in [0.25, 0.3) is 44.8 Å². The number of rotatable bonds is 6. The average molecular weight is 620 g/mol. The van der Waals surface area contributed by atoms with E-state index in [1.807, 2.05) is 0 Å². The zero-order valence-electron chi connectivity index (χ0n) is 27.2. The van der Waals surface area contributed by atoms with Crippen LogP contribution in [0.3, 0.4) is 0 Å². The zero-order chi connectivity index (χ0) is 32.3. The Balaban J connectivity index is 1.24. The van der Waals surface area contributed by atoms with Crippen molar-refractivity contribution in [3.05, 3.63) is 168 Å². The minimum absolute atomic E-state index is 0.147. The monoisotopic (exact) mass is 619 g/mol. The topological polar surface area (TPSA) is 37.6 Å². The molecule has 48 heavy (non-hydrogen) atoms. The number of nitrogens with zero attached hydrogens (tertiary/aromatic N) is 3. The van der Waals surface area contributed by atoms with E-state index in [9.17, 15) is 0 Å². The average Bonchev–Trinajstić information content (AvgIpc) is 3.58. The predicted octanol–water partition coefficient (Wildman–Crippen LogP) is 11.7. The highest BCUT2D eigenvalue weighted by Crippen LogP contribution is 2.41. The van der Waals surface area contributed by atoms with E-state index < -0.39 is 0 Å². The smallest absolute Gasteiger partial charge is 0.0788 e. The van der Waals surface area contributed by atoms with Gasteiger partial charge in [-0.25, -0.2) is 4.98 Å². The van der Waals surface area contributed by atoms with Gasteiger partial charge in [-0.1, -0.05) is 139 Å². The van der Waals surface area contributed by atoms with Gasteiger partial charge in [-0.05, 0) is 72.4 Å². The zero-order valence-corrected chi connectivity index (χ0v) is 27.2. The highest BCUT2D eigenvalue weighted by atomic mass is 14.8. The fourth-order valence-corrected chi connectivity index (χ4v) is 6.86. The van der Waals surface area contributed by atoms with Crippen molar-refractivity contribution in [1.82, 2.24) is 4.98 Å². The van der Waals surface area contributed by atoms with Crippen molar-refractivity contribution < 1.29 is 0 Å². The lowest BCUT2D eigenvalue weighted by atomic mass is 9.90. The Morgan fingerprint density at radius 3 is 1.79 bits per heavy atom. The molecule has 0 N–H and O–H groups in total. The van der Waals surface area contributed by atoms with Crippen molar-refractivity contribution >= 4 is 17.6 Å². The van der Waals surface area contributed by atoms with E-state index in [0.717, 1.165) is 87.4 Å². The van der Waals surface area contributed by atoms with Gasteiger partial charge in [-0.3, -0.25) is 9.98 Å². The van der Waals surface area contributed by atoms with Crippen LogP contribution < -0.4 is 0 Å². The lowest BCUT2D eigenvalue weighted by molar-refractivity contribution is 0.709. The first kappa shape index (κ1) is 29.7. The van der Waals surface area contributed by atoms with Crippen LogP contribution in [0.2, 0.25) is 0 Å². The molecule has 0 saturated heterocycles. The molecule has 1 aromatic heterocycles. The van der Waals surface area contributed by atoms with E-state index in [1.54, 1.807) is 0 Å². The minimum atomic E-state index is 0.147. The fraction of sp³-hybridized carbons (Fsp3) is 0.133. The van der Waals surface area contributed by atoms with Crippen LogP contribution in [0.4, 0.5) is 5.69 Å². The maximum Gasteiger partial charge on any atom is 0.0788 e. The van der Waals surface area contributed by atoms with Gasteiger partial charge in [0.1, 0.15) is 0 Å². The second-order valence-corrected chi connectivity index (χ2v) is 12.8. The van der Waals surface area contributed by atoms with Gasteiger partial charge in [0.15, 0.2) is 0 Å². The normalized spacial score (nSPS) is 16.7. The molecule has 0 amide bonds. The Hall–Kier alpha value is -5.67. The van der Waals surface area contributed by atoms with Crippen molar-refractivity contribution in [3.63, 3.8) is 0 Å². The van der Waals surface area contributed by atoms with E-state index in [-0.39, 0.29) is 6.04 Å². The number of pyridine rings is 1. The molecular formula is C45H37N3. The van der Waals surface area contributed by atoms with E-state index in [1.165, 1.54) is 16.7 Å². The van der Waals surface area contributed by atoms with Crippen molar-refractivity contribution in [2.75, 3.05) is 0 Å². The maximum atomic E-state index is 5.48. The molecule has 0 saturated carbocycles. The van der Waals surface area contributed by atoms with Crippen LogP contribution in [0, 0.1) is 0 Å². The third-order valence-corrected chi connectivity index (χ3v) is 9.45. The summed E-state index contributed by atoms with van der Waals surface area (Å²) in [7, 11) is 0. The van der Waals surface area contributed by atoms with Gasteiger partial charge in [0, 0.05) is 28.7 Å². The molecule has 1 unspecified atom stereocenters. The van der Waals surface area contributed by atoms with E-state index >= 15 is 0 Å². The molecule has 0 bridgehead atoms. The summed E-state index contributed by atoms with van der Waals surface area (Å²) in [6.07, 6.45) is 8.34. The molecule has 2 aliphatic rings. The standard InChI is InChI=1S/C45H37N3/c1-31-12-10-11-27-46-42(28-31)34-23-19-32(20-24-34)39-30-40(33-21-25-35(26-22-33)43-29-38-17-8-9-18-41(38)47-43)45(37-15-6-3-7-16-37)48-44(39)36-13-4-2-5-14-36/h2-9,12-27,30,42H,10-11,28-29H2,1H3/b31-12+,46-27?. The van der Waals surface area contributed by atoms with Gasteiger partial charge in [0.25, 0.3) is 0 Å². The van der Waals surface area contributed by atoms with Crippen LogP contribution >= 0.6 is 0 Å². The number of benzene rings is 5. The van der Waals surface area contributed by atoms with Gasteiger partial charge >= 0.3 is 0 Å². The molecule has 2 aliphatic heterocycles. The SMILES string of the molecule is C/C1=C\CCC=NC(c2ccc(-c3cc(-c4ccc(C5=Nc6ccccc6C5)cc4)c(-c4ccccc4)nc3-c3ccccc3)cc2)C1. The summed E-state index contributed by atoms with van der Waals surface area (Å²) >= 11 is 0. The number of para-hydroxylation sites is 1. The number of hydrogen-bond donors (Lipinski definition) is 0. The molecular weight excluding hydrogens is 583 g/mol. The highest BCUT2D eigenvalue weighted by molar-refractivity contribution is 6.07. The number of aliphatic imine (C=N–C) groups is 2. The van der Waals surface area contributed by atoms with Crippen molar-refractivity contribution in [2.24, 2.45) is 9.98 Å². The Labute approximate surface area is 283 Å². The highest BCUT2D eigenvalue weighted by Gasteiger charge is 2.20. The van der Waals surface area contributed by atoms with Gasteiger partial charge in [0.05, 0.1) is 28.8 Å². The fourth-order valence-electron chi connectivity index (χ4n) is 6.86. The first-order valence-corrected chi connectivity index (χ1v) is 16.9. The third kappa shape index (κ3) is 6.08. The van der Waals surface area contributed by atoms with Crippen LogP contribution in [0.1, 0.15) is 48.9 Å². The Morgan fingerprint density at radius 2 is 1.15 bits per heavy atom. The lowest BCUT2D eigenvalue weighted by Crippen LogP contribution is -2.01. The van der Waals surface area contributed by atoms with Crippen LogP contribution in [-0.4, -0.2) is 16.9 Å². The van der Waals surface area contributed by atoms with Gasteiger partial charge < -0.3 is 0 Å². The molecule has 3 heteroatoms. The summed E-state index contributed by atoms with van der Waals surface area (Å²) < 4.78 is 0. The number of aromatic nitrogens is 1. The third-order valence-electron chi connectivity index (χ3n) is 9.45. The number of hydrogen-bond acceptors (Lipinski definition) is 3. The van der Waals surface area contributed by atoms with E-state index in [0.29, 0.717) is 0 Å². The molecule has 6 aromatic rings. The Morgan fingerprint density at radius 1 is 0.562 bits per heavy atom. The van der Waals surface area contributed by atoms with Gasteiger partial charge in [-0.2, -0.15) is 0 Å². The summed E-state index contributed by atoms with van der Waals surface area (Å²) in [4.78, 5) is 15.4. The maximum absolute atomic E-state index is 5.48. The predicted molar refractivity (Wildman–Crippen MR) is 201 cm³/mol. The molecule has 0 spiro atoms. The Kier molecular flexibility index (Phi) is 8.18. The summed E-state index contributed by atoms with van der Waals surface area (Å²) in [6, 6.07) is 49.8. The van der Waals surface area contributed by atoms with Crippen LogP contribution in [-0.2, 0) is 6.42 Å². The molecule has 1 atom stereocenters. The van der Waals surface area contributed by atoms with Crippen molar-refractivity contribution in [1.29, 1.82) is 0 Å². The van der Waals surface area contributed by atoms with Crippen LogP contribution in [0.15, 0.2) is 161 Å². The van der Waals surface area contributed by atoms with E-state index in [4.69, 9.17) is 15.0 Å². The molecule has 3 nitrogen and oxygen atoms in total. The molecule has 0 fully saturated rings. The quantitative estimate of drug-likeness (QED) is 0.171. The Bertz CT molecular complexity index is 2160.